The van der Waals surface area contributed by atoms with Crippen molar-refractivity contribution in [3.05, 3.63) is 35.9 Å². The molecule has 0 aliphatic heterocycles. The van der Waals surface area contributed by atoms with Gasteiger partial charge in [0.1, 0.15) is 0 Å². The van der Waals surface area contributed by atoms with Crippen LogP contribution in [0.3, 0.4) is 0 Å². The summed E-state index contributed by atoms with van der Waals surface area (Å²) in [5.74, 6) is 0.355. The molecule has 1 aromatic rings. The first-order valence-corrected chi connectivity index (χ1v) is 11.3. The molecule has 0 radical (unpaired) electrons. The van der Waals surface area contributed by atoms with Gasteiger partial charge in [0.2, 0.25) is 0 Å². The van der Waals surface area contributed by atoms with Gasteiger partial charge in [-0.15, -0.1) is 0 Å². The third kappa shape index (κ3) is 11.7. The first kappa shape index (κ1) is 23.2. The second-order valence-electron chi connectivity index (χ2n) is 8.72. The molecule has 0 amide bonds. The fourth-order valence-electron chi connectivity index (χ4n) is 3.84. The Labute approximate surface area is 163 Å². The van der Waals surface area contributed by atoms with E-state index >= 15 is 0 Å². The topological polar surface area (TPSA) is 20.2 Å². The van der Waals surface area contributed by atoms with Crippen LogP contribution in [0.15, 0.2) is 30.3 Å². The highest BCUT2D eigenvalue weighted by Gasteiger charge is 2.26. The molecule has 0 saturated heterocycles. The van der Waals surface area contributed by atoms with Crippen LogP contribution in [0.4, 0.5) is 0 Å². The molecular weight excluding hydrogens is 316 g/mol. The number of aliphatic hydroxyl groups is 1. The summed E-state index contributed by atoms with van der Waals surface area (Å²) in [4.78, 5) is 0. The Kier molecular flexibility index (Phi) is 12.7. The maximum atomic E-state index is 10.5. The molecule has 1 nitrogen and oxygen atoms in total. The van der Waals surface area contributed by atoms with Crippen molar-refractivity contribution < 1.29 is 5.11 Å². The molecule has 0 spiro atoms. The number of rotatable bonds is 16. The molecule has 0 fully saturated rings. The predicted octanol–water partition coefficient (Wildman–Crippen LogP) is 7.71. The quantitative estimate of drug-likeness (QED) is 0.299. The van der Waals surface area contributed by atoms with Crippen molar-refractivity contribution >= 4 is 0 Å². The summed E-state index contributed by atoms with van der Waals surface area (Å²) < 4.78 is 0. The van der Waals surface area contributed by atoms with E-state index in [1.807, 2.05) is 13.8 Å². The SMILES string of the molecule is CCCCCCCCCCCCCCC(Cc1ccccc1)C(C)(C)O. The third-order valence-electron chi connectivity index (χ3n) is 5.73. The van der Waals surface area contributed by atoms with Crippen molar-refractivity contribution in [1.82, 2.24) is 0 Å². The number of benzene rings is 1. The molecule has 0 aliphatic carbocycles. The Morgan fingerprint density at radius 1 is 0.731 bits per heavy atom. The number of unbranched alkanes of at least 4 members (excludes halogenated alkanes) is 11. The lowest BCUT2D eigenvalue weighted by molar-refractivity contribution is 0.0121. The maximum Gasteiger partial charge on any atom is 0.0622 e. The minimum absolute atomic E-state index is 0.355. The molecule has 1 atom stereocenters. The van der Waals surface area contributed by atoms with Crippen LogP contribution in [-0.2, 0) is 6.42 Å². The molecule has 1 rings (SSSR count). The molecule has 1 unspecified atom stereocenters. The lowest BCUT2D eigenvalue weighted by Crippen LogP contribution is -2.32. The smallest absolute Gasteiger partial charge is 0.0622 e. The van der Waals surface area contributed by atoms with Crippen LogP contribution in [0.2, 0.25) is 0 Å². The molecule has 0 aliphatic rings. The third-order valence-corrected chi connectivity index (χ3v) is 5.73. The Morgan fingerprint density at radius 3 is 1.65 bits per heavy atom. The van der Waals surface area contributed by atoms with Gasteiger partial charge in [-0.2, -0.15) is 0 Å². The summed E-state index contributed by atoms with van der Waals surface area (Å²) in [6, 6.07) is 10.6. The number of hydrogen-bond donors (Lipinski definition) is 1. The molecule has 0 saturated carbocycles. The summed E-state index contributed by atoms with van der Waals surface area (Å²) in [5, 5.41) is 10.5. The zero-order chi connectivity index (χ0) is 19.1. The van der Waals surface area contributed by atoms with Gasteiger partial charge in [-0.25, -0.2) is 0 Å². The van der Waals surface area contributed by atoms with Crippen molar-refractivity contribution in [2.45, 2.75) is 116 Å². The highest BCUT2D eigenvalue weighted by molar-refractivity contribution is 5.15. The van der Waals surface area contributed by atoms with E-state index in [2.05, 4.69) is 37.3 Å². The fourth-order valence-corrected chi connectivity index (χ4v) is 3.84. The molecular formula is C25H44O. The first-order valence-electron chi connectivity index (χ1n) is 11.3. The lowest BCUT2D eigenvalue weighted by atomic mass is 9.82. The summed E-state index contributed by atoms with van der Waals surface area (Å²) in [6.45, 7) is 6.23. The predicted molar refractivity (Wildman–Crippen MR) is 116 cm³/mol. The van der Waals surface area contributed by atoms with Crippen LogP contribution in [0, 0.1) is 5.92 Å². The maximum absolute atomic E-state index is 10.5. The fraction of sp³-hybridized carbons (Fsp3) is 0.760. The Morgan fingerprint density at radius 2 is 1.19 bits per heavy atom. The van der Waals surface area contributed by atoms with Crippen molar-refractivity contribution in [2.24, 2.45) is 5.92 Å². The Bertz CT molecular complexity index is 418. The van der Waals surface area contributed by atoms with E-state index in [0.717, 1.165) is 12.8 Å². The standard InChI is InChI=1S/C25H44O/c1-4-5-6-7-8-9-10-11-12-13-14-18-21-24(25(2,3)26)22-23-19-16-15-17-20-23/h15-17,19-20,24,26H,4-14,18,21-22H2,1-3H3. The van der Waals surface area contributed by atoms with Crippen LogP contribution < -0.4 is 0 Å². The zero-order valence-corrected chi connectivity index (χ0v) is 17.8. The van der Waals surface area contributed by atoms with Gasteiger partial charge in [-0.1, -0.05) is 114 Å². The van der Waals surface area contributed by atoms with E-state index in [9.17, 15) is 5.11 Å². The van der Waals surface area contributed by atoms with Crippen molar-refractivity contribution in [3.63, 3.8) is 0 Å². The van der Waals surface area contributed by atoms with Gasteiger partial charge in [0.15, 0.2) is 0 Å². The summed E-state index contributed by atoms with van der Waals surface area (Å²) >= 11 is 0. The van der Waals surface area contributed by atoms with E-state index in [1.165, 1.54) is 82.6 Å². The van der Waals surface area contributed by atoms with Crippen molar-refractivity contribution in [3.8, 4) is 0 Å². The summed E-state index contributed by atoms with van der Waals surface area (Å²) in [7, 11) is 0. The average Bonchev–Trinajstić information content (AvgIpc) is 2.61. The van der Waals surface area contributed by atoms with Gasteiger partial charge >= 0.3 is 0 Å². The first-order chi connectivity index (χ1) is 12.5. The normalized spacial score (nSPS) is 13.1. The van der Waals surface area contributed by atoms with Crippen LogP contribution in [-0.4, -0.2) is 10.7 Å². The van der Waals surface area contributed by atoms with Crippen LogP contribution in [0.5, 0.6) is 0 Å². The van der Waals surface area contributed by atoms with E-state index in [0.29, 0.717) is 5.92 Å². The van der Waals surface area contributed by atoms with Gasteiger partial charge in [0.25, 0.3) is 0 Å². The van der Waals surface area contributed by atoms with E-state index in [4.69, 9.17) is 0 Å². The van der Waals surface area contributed by atoms with E-state index < -0.39 is 5.60 Å². The van der Waals surface area contributed by atoms with Gasteiger partial charge < -0.3 is 5.11 Å². The Balaban J connectivity index is 2.07. The molecule has 0 bridgehead atoms. The zero-order valence-electron chi connectivity index (χ0n) is 17.8. The molecule has 26 heavy (non-hydrogen) atoms. The average molecular weight is 361 g/mol. The molecule has 150 valence electrons. The van der Waals surface area contributed by atoms with Crippen LogP contribution >= 0.6 is 0 Å². The van der Waals surface area contributed by atoms with Gasteiger partial charge in [-0.3, -0.25) is 0 Å². The summed E-state index contributed by atoms with van der Waals surface area (Å²) in [5.41, 5.74) is 0.756. The Hall–Kier alpha value is -0.820. The minimum atomic E-state index is -0.590. The molecule has 0 heterocycles. The summed E-state index contributed by atoms with van der Waals surface area (Å²) in [6.07, 6.45) is 18.8. The lowest BCUT2D eigenvalue weighted by Gasteiger charge is -2.29. The van der Waals surface area contributed by atoms with Crippen LogP contribution in [0.1, 0.15) is 110 Å². The van der Waals surface area contributed by atoms with E-state index in [1.54, 1.807) is 0 Å². The minimum Gasteiger partial charge on any atom is -0.390 e. The molecule has 0 aromatic heterocycles. The monoisotopic (exact) mass is 360 g/mol. The largest absolute Gasteiger partial charge is 0.390 e. The highest BCUT2D eigenvalue weighted by Crippen LogP contribution is 2.27. The van der Waals surface area contributed by atoms with Gasteiger partial charge in [0, 0.05) is 0 Å². The van der Waals surface area contributed by atoms with Crippen LogP contribution in [0.25, 0.3) is 0 Å². The van der Waals surface area contributed by atoms with Crippen molar-refractivity contribution in [2.75, 3.05) is 0 Å². The molecule has 1 aromatic carbocycles. The van der Waals surface area contributed by atoms with E-state index in [-0.39, 0.29) is 0 Å². The molecule has 1 heteroatoms. The van der Waals surface area contributed by atoms with Gasteiger partial charge in [0.05, 0.1) is 5.60 Å². The second-order valence-corrected chi connectivity index (χ2v) is 8.72. The molecule has 1 N–H and O–H groups in total. The van der Waals surface area contributed by atoms with Gasteiger partial charge in [-0.05, 0) is 38.2 Å². The van der Waals surface area contributed by atoms with Crippen molar-refractivity contribution in [1.29, 1.82) is 0 Å². The number of hydrogen-bond acceptors (Lipinski definition) is 1. The second kappa shape index (κ2) is 14.3. The highest BCUT2D eigenvalue weighted by atomic mass is 16.3.